The molecular formula is C10H12N4O. The summed E-state index contributed by atoms with van der Waals surface area (Å²) in [7, 11) is 3.38. The number of hydrogen-bond donors (Lipinski definition) is 1. The SMILES string of the molecule is CN(C)C(=O)CNc1ccnc(C#N)c1. The Hall–Kier alpha value is -2.09. The topological polar surface area (TPSA) is 69.0 Å². The van der Waals surface area contributed by atoms with E-state index in [1.54, 1.807) is 26.2 Å². The zero-order valence-corrected chi connectivity index (χ0v) is 8.69. The third-order valence-electron chi connectivity index (χ3n) is 1.82. The van der Waals surface area contributed by atoms with Crippen LogP contribution >= 0.6 is 0 Å². The van der Waals surface area contributed by atoms with Crippen LogP contribution in [0.25, 0.3) is 0 Å². The van der Waals surface area contributed by atoms with Crippen molar-refractivity contribution in [3.8, 4) is 6.07 Å². The van der Waals surface area contributed by atoms with Crippen molar-refractivity contribution in [1.82, 2.24) is 9.88 Å². The zero-order chi connectivity index (χ0) is 11.3. The van der Waals surface area contributed by atoms with Gasteiger partial charge in [0, 0.05) is 26.0 Å². The second-order valence-corrected chi connectivity index (χ2v) is 3.18. The molecule has 1 N–H and O–H groups in total. The third kappa shape index (κ3) is 3.27. The van der Waals surface area contributed by atoms with Gasteiger partial charge in [0.15, 0.2) is 0 Å². The quantitative estimate of drug-likeness (QED) is 0.776. The zero-order valence-electron chi connectivity index (χ0n) is 8.69. The van der Waals surface area contributed by atoms with Gasteiger partial charge in [-0.15, -0.1) is 0 Å². The van der Waals surface area contributed by atoms with E-state index in [-0.39, 0.29) is 12.5 Å². The molecule has 1 rings (SSSR count). The van der Waals surface area contributed by atoms with E-state index < -0.39 is 0 Å². The summed E-state index contributed by atoms with van der Waals surface area (Å²) in [5.74, 6) is -0.0229. The lowest BCUT2D eigenvalue weighted by molar-refractivity contribution is -0.126. The van der Waals surface area contributed by atoms with Gasteiger partial charge in [-0.25, -0.2) is 4.98 Å². The van der Waals surface area contributed by atoms with Gasteiger partial charge in [0.25, 0.3) is 0 Å². The van der Waals surface area contributed by atoms with Gasteiger partial charge in [-0.2, -0.15) is 5.26 Å². The maximum atomic E-state index is 11.3. The Balaban J connectivity index is 2.59. The average molecular weight is 204 g/mol. The van der Waals surface area contributed by atoms with Crippen molar-refractivity contribution in [2.24, 2.45) is 0 Å². The smallest absolute Gasteiger partial charge is 0.241 e. The molecule has 15 heavy (non-hydrogen) atoms. The molecule has 0 aliphatic heterocycles. The molecule has 0 unspecified atom stereocenters. The van der Waals surface area contributed by atoms with Gasteiger partial charge in [0.1, 0.15) is 11.8 Å². The lowest BCUT2D eigenvalue weighted by atomic mass is 10.3. The first-order valence-electron chi connectivity index (χ1n) is 4.43. The summed E-state index contributed by atoms with van der Waals surface area (Å²) in [4.78, 5) is 16.6. The molecule has 0 aliphatic rings. The predicted molar refractivity (Wildman–Crippen MR) is 56.1 cm³/mol. The molecule has 0 fully saturated rings. The van der Waals surface area contributed by atoms with Crippen LogP contribution in [-0.4, -0.2) is 36.4 Å². The molecular weight excluding hydrogens is 192 g/mol. The van der Waals surface area contributed by atoms with Crippen LogP contribution in [0.1, 0.15) is 5.69 Å². The van der Waals surface area contributed by atoms with E-state index in [1.165, 1.54) is 11.1 Å². The highest BCUT2D eigenvalue weighted by Gasteiger charge is 2.03. The van der Waals surface area contributed by atoms with Gasteiger partial charge in [0.05, 0.1) is 6.54 Å². The minimum atomic E-state index is -0.0229. The summed E-state index contributed by atoms with van der Waals surface area (Å²) in [6.07, 6.45) is 1.53. The summed E-state index contributed by atoms with van der Waals surface area (Å²) < 4.78 is 0. The van der Waals surface area contributed by atoms with E-state index in [9.17, 15) is 4.79 Å². The fourth-order valence-corrected chi connectivity index (χ4v) is 0.937. The molecule has 0 bridgehead atoms. The minimum absolute atomic E-state index is 0.0229. The number of pyridine rings is 1. The van der Waals surface area contributed by atoms with Crippen molar-refractivity contribution in [3.63, 3.8) is 0 Å². The number of aromatic nitrogens is 1. The van der Waals surface area contributed by atoms with Crippen molar-refractivity contribution in [2.45, 2.75) is 0 Å². The molecule has 5 nitrogen and oxygen atoms in total. The fourth-order valence-electron chi connectivity index (χ4n) is 0.937. The largest absolute Gasteiger partial charge is 0.376 e. The summed E-state index contributed by atoms with van der Waals surface area (Å²) in [6.45, 7) is 0.210. The van der Waals surface area contributed by atoms with Crippen LogP contribution in [0.3, 0.4) is 0 Å². The Morgan fingerprint density at radius 2 is 2.40 bits per heavy atom. The predicted octanol–water partition coefficient (Wildman–Crippen LogP) is 0.453. The second-order valence-electron chi connectivity index (χ2n) is 3.18. The minimum Gasteiger partial charge on any atom is -0.376 e. The molecule has 1 amide bonds. The van der Waals surface area contributed by atoms with Crippen LogP contribution < -0.4 is 5.32 Å². The van der Waals surface area contributed by atoms with Crippen LogP contribution in [0.15, 0.2) is 18.3 Å². The number of likely N-dealkylation sites (N-methyl/N-ethyl adjacent to an activating group) is 1. The van der Waals surface area contributed by atoms with E-state index in [0.717, 1.165) is 5.69 Å². The number of hydrogen-bond acceptors (Lipinski definition) is 4. The molecule has 0 spiro atoms. The molecule has 1 aromatic heterocycles. The van der Waals surface area contributed by atoms with Gasteiger partial charge in [-0.05, 0) is 12.1 Å². The maximum absolute atomic E-state index is 11.3. The second kappa shape index (κ2) is 4.96. The van der Waals surface area contributed by atoms with Gasteiger partial charge >= 0.3 is 0 Å². The summed E-state index contributed by atoms with van der Waals surface area (Å²) >= 11 is 0. The van der Waals surface area contributed by atoms with Crippen molar-refractivity contribution in [2.75, 3.05) is 26.0 Å². The van der Waals surface area contributed by atoms with Gasteiger partial charge in [-0.3, -0.25) is 4.79 Å². The van der Waals surface area contributed by atoms with Crippen molar-refractivity contribution in [1.29, 1.82) is 5.26 Å². The van der Waals surface area contributed by atoms with Crippen molar-refractivity contribution in [3.05, 3.63) is 24.0 Å². The van der Waals surface area contributed by atoms with Crippen molar-refractivity contribution >= 4 is 11.6 Å². The number of carbonyl (C=O) groups is 1. The van der Waals surface area contributed by atoms with Crippen LogP contribution in [0.5, 0.6) is 0 Å². The molecule has 0 radical (unpaired) electrons. The highest BCUT2D eigenvalue weighted by molar-refractivity contribution is 5.80. The summed E-state index contributed by atoms with van der Waals surface area (Å²) in [5, 5.41) is 11.5. The Morgan fingerprint density at radius 1 is 1.67 bits per heavy atom. The first-order valence-corrected chi connectivity index (χ1v) is 4.43. The Kier molecular flexibility index (Phi) is 3.63. The van der Waals surface area contributed by atoms with Crippen LogP contribution in [-0.2, 0) is 4.79 Å². The molecule has 78 valence electrons. The van der Waals surface area contributed by atoms with E-state index in [1.807, 2.05) is 6.07 Å². The Labute approximate surface area is 88.3 Å². The van der Waals surface area contributed by atoms with Crippen molar-refractivity contribution < 1.29 is 4.79 Å². The first kappa shape index (κ1) is 11.0. The standard InChI is InChI=1S/C10H12N4O/c1-14(2)10(15)7-13-8-3-4-12-9(5-8)6-11/h3-5H,7H2,1-2H3,(H,12,13). The molecule has 0 saturated heterocycles. The van der Waals surface area contributed by atoms with Crippen LogP contribution in [0.4, 0.5) is 5.69 Å². The average Bonchev–Trinajstić information content (AvgIpc) is 2.26. The van der Waals surface area contributed by atoms with Crippen LogP contribution in [0, 0.1) is 11.3 Å². The van der Waals surface area contributed by atoms with E-state index >= 15 is 0 Å². The number of nitrogens with one attached hydrogen (secondary N) is 1. The monoisotopic (exact) mass is 204 g/mol. The first-order chi connectivity index (χ1) is 7.13. The third-order valence-corrected chi connectivity index (χ3v) is 1.82. The Bertz CT molecular complexity index is 395. The lowest BCUT2D eigenvalue weighted by Crippen LogP contribution is -2.28. The number of anilines is 1. The number of amides is 1. The summed E-state index contributed by atoms with van der Waals surface area (Å²) in [5.41, 5.74) is 1.05. The molecule has 0 aliphatic carbocycles. The number of rotatable bonds is 3. The molecule has 5 heteroatoms. The highest BCUT2D eigenvalue weighted by Crippen LogP contribution is 2.06. The van der Waals surface area contributed by atoms with E-state index in [0.29, 0.717) is 5.69 Å². The van der Waals surface area contributed by atoms with Gasteiger partial charge < -0.3 is 10.2 Å². The molecule has 1 aromatic rings. The van der Waals surface area contributed by atoms with Crippen LogP contribution in [0.2, 0.25) is 0 Å². The summed E-state index contributed by atoms with van der Waals surface area (Å²) in [6, 6.07) is 5.24. The Morgan fingerprint density at radius 3 is 3.00 bits per heavy atom. The molecule has 0 aromatic carbocycles. The normalized spacial score (nSPS) is 9.13. The van der Waals surface area contributed by atoms with E-state index in [2.05, 4.69) is 10.3 Å². The van der Waals surface area contributed by atoms with Gasteiger partial charge in [-0.1, -0.05) is 0 Å². The molecule has 0 atom stereocenters. The number of nitrogens with zero attached hydrogens (tertiary/aromatic N) is 3. The lowest BCUT2D eigenvalue weighted by Gasteiger charge is -2.11. The molecule has 1 heterocycles. The van der Waals surface area contributed by atoms with E-state index in [4.69, 9.17) is 5.26 Å². The number of nitriles is 1. The molecule has 0 saturated carbocycles. The number of carbonyl (C=O) groups excluding carboxylic acids is 1. The van der Waals surface area contributed by atoms with Gasteiger partial charge in [0.2, 0.25) is 5.91 Å². The maximum Gasteiger partial charge on any atom is 0.241 e. The highest BCUT2D eigenvalue weighted by atomic mass is 16.2. The fraction of sp³-hybridized carbons (Fsp3) is 0.300.